The molecule has 0 radical (unpaired) electrons. The maximum Gasteiger partial charge on any atom is 0.248 e. The summed E-state index contributed by atoms with van der Waals surface area (Å²) in [5.74, 6) is -1.94. The van der Waals surface area contributed by atoms with Gasteiger partial charge in [0.05, 0.1) is 11.6 Å². The van der Waals surface area contributed by atoms with E-state index >= 15 is 0 Å². The van der Waals surface area contributed by atoms with Crippen LogP contribution in [0.4, 0.5) is 8.78 Å². The highest BCUT2D eigenvalue weighted by molar-refractivity contribution is 5.77. The third-order valence-electron chi connectivity index (χ3n) is 4.23. The molecule has 130 valence electrons. The summed E-state index contributed by atoms with van der Waals surface area (Å²) in [6, 6.07) is 3.16. The Morgan fingerprint density at radius 2 is 2.04 bits per heavy atom. The van der Waals surface area contributed by atoms with E-state index in [0.29, 0.717) is 24.1 Å². The molecule has 0 aromatic heterocycles. The van der Waals surface area contributed by atoms with Gasteiger partial charge in [-0.15, -0.1) is 0 Å². The van der Waals surface area contributed by atoms with E-state index in [1.165, 1.54) is 17.0 Å². The SMILES string of the molecule is CN(C(=O)CO)C1CCCC(/C=C(\N)c2c(F)cccc2F)=C1N. The van der Waals surface area contributed by atoms with Crippen LogP contribution < -0.4 is 11.5 Å². The van der Waals surface area contributed by atoms with E-state index in [0.717, 1.165) is 18.6 Å². The van der Waals surface area contributed by atoms with E-state index in [-0.39, 0.29) is 17.3 Å². The van der Waals surface area contributed by atoms with Crippen LogP contribution in [-0.4, -0.2) is 35.6 Å². The monoisotopic (exact) mass is 337 g/mol. The standard InChI is InChI=1S/C17H21F2N3O2/c1-22(15(24)9-23)14-7-2-4-10(17(14)21)8-13(20)16-11(18)5-3-6-12(16)19/h3,5-6,8,14,23H,2,4,7,9,20-21H2,1H3/b13-8-. The van der Waals surface area contributed by atoms with E-state index in [2.05, 4.69) is 0 Å². The predicted molar refractivity (Wildman–Crippen MR) is 87.2 cm³/mol. The Bertz CT molecular complexity index is 681. The van der Waals surface area contributed by atoms with Gasteiger partial charge in [-0.25, -0.2) is 8.78 Å². The van der Waals surface area contributed by atoms with E-state index < -0.39 is 24.1 Å². The van der Waals surface area contributed by atoms with Crippen LogP contribution in [0.3, 0.4) is 0 Å². The van der Waals surface area contributed by atoms with Crippen molar-refractivity contribution >= 4 is 11.6 Å². The fourth-order valence-corrected chi connectivity index (χ4v) is 2.88. The molecule has 0 spiro atoms. The highest BCUT2D eigenvalue weighted by Gasteiger charge is 2.26. The number of carbonyl (C=O) groups is 1. The summed E-state index contributed by atoms with van der Waals surface area (Å²) in [5, 5.41) is 8.98. The molecule has 0 heterocycles. The van der Waals surface area contributed by atoms with Gasteiger partial charge in [-0.05, 0) is 43.0 Å². The van der Waals surface area contributed by atoms with E-state index in [1.54, 1.807) is 7.05 Å². The van der Waals surface area contributed by atoms with Gasteiger partial charge in [-0.3, -0.25) is 4.79 Å². The molecule has 1 aliphatic carbocycles. The summed E-state index contributed by atoms with van der Waals surface area (Å²) in [4.78, 5) is 13.0. The molecular weight excluding hydrogens is 316 g/mol. The number of aliphatic hydroxyl groups excluding tert-OH is 1. The smallest absolute Gasteiger partial charge is 0.248 e. The van der Waals surface area contributed by atoms with Crippen molar-refractivity contribution < 1.29 is 18.7 Å². The number of hydrogen-bond acceptors (Lipinski definition) is 4. The van der Waals surface area contributed by atoms with Crippen molar-refractivity contribution in [3.63, 3.8) is 0 Å². The molecule has 5 nitrogen and oxygen atoms in total. The van der Waals surface area contributed by atoms with Crippen LogP contribution in [0.15, 0.2) is 35.5 Å². The van der Waals surface area contributed by atoms with Crippen molar-refractivity contribution in [3.05, 3.63) is 52.7 Å². The molecule has 1 aliphatic rings. The highest BCUT2D eigenvalue weighted by Crippen LogP contribution is 2.28. The first-order chi connectivity index (χ1) is 11.4. The third-order valence-corrected chi connectivity index (χ3v) is 4.23. The van der Waals surface area contributed by atoms with Crippen molar-refractivity contribution in [2.45, 2.75) is 25.3 Å². The number of hydrogen-bond donors (Lipinski definition) is 3. The zero-order valence-electron chi connectivity index (χ0n) is 13.4. The zero-order chi connectivity index (χ0) is 17.9. The maximum atomic E-state index is 13.8. The predicted octanol–water partition coefficient (Wildman–Crippen LogP) is 1.48. The lowest BCUT2D eigenvalue weighted by molar-refractivity contribution is -0.134. The number of carbonyl (C=O) groups excluding carboxylic acids is 1. The van der Waals surface area contributed by atoms with Crippen LogP contribution in [0.2, 0.25) is 0 Å². The van der Waals surface area contributed by atoms with Gasteiger partial charge < -0.3 is 21.5 Å². The lowest BCUT2D eigenvalue weighted by Crippen LogP contribution is -2.43. The molecule has 2 rings (SSSR count). The molecule has 1 amide bonds. The fraction of sp³-hybridized carbons (Fsp3) is 0.353. The molecule has 0 bridgehead atoms. The Morgan fingerprint density at radius 1 is 1.42 bits per heavy atom. The van der Waals surface area contributed by atoms with Crippen LogP contribution in [0, 0.1) is 11.6 Å². The van der Waals surface area contributed by atoms with Gasteiger partial charge >= 0.3 is 0 Å². The largest absolute Gasteiger partial charge is 0.400 e. The second-order valence-corrected chi connectivity index (χ2v) is 5.75. The maximum absolute atomic E-state index is 13.8. The van der Waals surface area contributed by atoms with Crippen LogP contribution in [0.1, 0.15) is 24.8 Å². The minimum Gasteiger partial charge on any atom is -0.400 e. The number of halogens is 2. The topological polar surface area (TPSA) is 92.6 Å². The summed E-state index contributed by atoms with van der Waals surface area (Å²) in [7, 11) is 1.56. The van der Waals surface area contributed by atoms with Crippen molar-refractivity contribution in [1.29, 1.82) is 0 Å². The van der Waals surface area contributed by atoms with E-state index in [4.69, 9.17) is 16.6 Å². The average molecular weight is 337 g/mol. The summed E-state index contributed by atoms with van der Waals surface area (Å²) in [6.07, 6.45) is 3.45. The Kier molecular flexibility index (Phi) is 5.56. The van der Waals surface area contributed by atoms with Crippen LogP contribution >= 0.6 is 0 Å². The third kappa shape index (κ3) is 3.56. The van der Waals surface area contributed by atoms with Gasteiger partial charge in [-0.1, -0.05) is 6.07 Å². The molecule has 1 aromatic carbocycles. The fourth-order valence-electron chi connectivity index (χ4n) is 2.88. The molecule has 1 unspecified atom stereocenters. The van der Waals surface area contributed by atoms with Crippen molar-refractivity contribution in [2.24, 2.45) is 11.5 Å². The van der Waals surface area contributed by atoms with Gasteiger partial charge in [-0.2, -0.15) is 0 Å². The molecule has 0 saturated carbocycles. The summed E-state index contributed by atoms with van der Waals surface area (Å²) in [6.45, 7) is -0.603. The number of nitrogens with zero attached hydrogens (tertiary/aromatic N) is 1. The Morgan fingerprint density at radius 3 is 2.62 bits per heavy atom. The minimum absolute atomic E-state index is 0.0552. The number of nitrogens with two attached hydrogens (primary N) is 2. The van der Waals surface area contributed by atoms with Gasteiger partial charge in [0.1, 0.15) is 18.2 Å². The second-order valence-electron chi connectivity index (χ2n) is 5.75. The zero-order valence-corrected chi connectivity index (χ0v) is 13.4. The number of allylic oxidation sites excluding steroid dienone is 2. The lowest BCUT2D eigenvalue weighted by atomic mass is 9.90. The van der Waals surface area contributed by atoms with Crippen molar-refractivity contribution in [3.8, 4) is 0 Å². The number of likely N-dealkylation sites (N-methyl/N-ethyl adjacent to an activating group) is 1. The average Bonchev–Trinajstić information content (AvgIpc) is 2.55. The molecule has 24 heavy (non-hydrogen) atoms. The Balaban J connectivity index is 2.38. The van der Waals surface area contributed by atoms with Crippen LogP contribution in [0.25, 0.3) is 5.70 Å². The normalized spacial score (nSPS) is 18.7. The first-order valence-electron chi connectivity index (χ1n) is 7.63. The number of amides is 1. The number of rotatable bonds is 4. The highest BCUT2D eigenvalue weighted by atomic mass is 19.1. The number of aliphatic hydroxyl groups is 1. The molecule has 0 aliphatic heterocycles. The van der Waals surface area contributed by atoms with Crippen LogP contribution in [-0.2, 0) is 4.79 Å². The van der Waals surface area contributed by atoms with E-state index in [1.807, 2.05) is 0 Å². The lowest BCUT2D eigenvalue weighted by Gasteiger charge is -2.32. The van der Waals surface area contributed by atoms with Gasteiger partial charge in [0.25, 0.3) is 0 Å². The summed E-state index contributed by atoms with van der Waals surface area (Å²) < 4.78 is 27.6. The summed E-state index contributed by atoms with van der Waals surface area (Å²) in [5.41, 5.74) is 12.7. The molecule has 1 aromatic rings. The van der Waals surface area contributed by atoms with E-state index in [9.17, 15) is 13.6 Å². The molecule has 1 atom stereocenters. The summed E-state index contributed by atoms with van der Waals surface area (Å²) >= 11 is 0. The van der Waals surface area contributed by atoms with Gasteiger partial charge in [0.2, 0.25) is 5.91 Å². The van der Waals surface area contributed by atoms with Gasteiger partial charge in [0.15, 0.2) is 0 Å². The molecule has 5 N–H and O–H groups in total. The molecule has 0 saturated heterocycles. The Labute approximate surface area is 139 Å². The molecule has 0 fully saturated rings. The quantitative estimate of drug-likeness (QED) is 0.776. The van der Waals surface area contributed by atoms with Crippen LogP contribution in [0.5, 0.6) is 0 Å². The van der Waals surface area contributed by atoms with Gasteiger partial charge in [0, 0.05) is 18.4 Å². The number of benzene rings is 1. The minimum atomic E-state index is -0.747. The Hall–Kier alpha value is -2.41. The molecule has 7 heteroatoms. The first-order valence-corrected chi connectivity index (χ1v) is 7.63. The molecular formula is C17H21F2N3O2. The second kappa shape index (κ2) is 7.44. The first kappa shape index (κ1) is 17.9. The van der Waals surface area contributed by atoms with Crippen molar-refractivity contribution in [2.75, 3.05) is 13.7 Å². The van der Waals surface area contributed by atoms with Crippen molar-refractivity contribution in [1.82, 2.24) is 4.90 Å².